The van der Waals surface area contributed by atoms with Gasteiger partial charge in [-0.1, -0.05) is 24.3 Å². The fourth-order valence-corrected chi connectivity index (χ4v) is 3.65. The van der Waals surface area contributed by atoms with Crippen molar-refractivity contribution in [3.8, 4) is 11.3 Å². The molecule has 29 heavy (non-hydrogen) atoms. The van der Waals surface area contributed by atoms with E-state index in [1.54, 1.807) is 17.1 Å². The molecule has 4 aromatic rings. The first-order valence-electron chi connectivity index (χ1n) is 9.81. The molecular weight excluding hydrogens is 366 g/mol. The van der Waals surface area contributed by atoms with Gasteiger partial charge in [0.05, 0.1) is 37.5 Å². The third-order valence-electron chi connectivity index (χ3n) is 5.19. The lowest BCUT2D eigenvalue weighted by Crippen LogP contribution is -2.35. The van der Waals surface area contributed by atoms with Gasteiger partial charge in [-0.05, 0) is 11.1 Å². The number of nitrogens with zero attached hydrogens (tertiary/aromatic N) is 7. The van der Waals surface area contributed by atoms with Crippen molar-refractivity contribution in [3.05, 3.63) is 66.0 Å². The molecule has 8 heteroatoms. The molecular formula is C21H23N7O. The van der Waals surface area contributed by atoms with Crippen LogP contribution in [0.2, 0.25) is 0 Å². The van der Waals surface area contributed by atoms with Crippen LogP contribution in [0.4, 0.5) is 0 Å². The maximum atomic E-state index is 5.42. The summed E-state index contributed by atoms with van der Waals surface area (Å²) in [5, 5.41) is 8.96. The second-order valence-corrected chi connectivity index (χ2v) is 7.38. The zero-order chi connectivity index (χ0) is 19.6. The number of ether oxygens (including phenoxy) is 1. The van der Waals surface area contributed by atoms with Crippen LogP contribution in [0.15, 0.2) is 49.1 Å². The minimum atomic E-state index is 0.687. The molecule has 148 valence electrons. The number of hydrogen-bond donors (Lipinski definition) is 0. The summed E-state index contributed by atoms with van der Waals surface area (Å²) in [6.07, 6.45) is 7.98. The SMILES string of the molecule is Cn1cc(-c2cncc3nc(Cc4ccc(CN5CCOCC5)cc4)nn23)cn1. The quantitative estimate of drug-likeness (QED) is 0.519. The first-order chi connectivity index (χ1) is 14.2. The van der Waals surface area contributed by atoms with Gasteiger partial charge in [0.1, 0.15) is 0 Å². The van der Waals surface area contributed by atoms with Gasteiger partial charge in [0.2, 0.25) is 0 Å². The van der Waals surface area contributed by atoms with Gasteiger partial charge in [-0.2, -0.15) is 10.2 Å². The molecule has 0 saturated carbocycles. The van der Waals surface area contributed by atoms with Crippen molar-refractivity contribution >= 4 is 5.65 Å². The van der Waals surface area contributed by atoms with E-state index in [1.807, 2.05) is 24.0 Å². The fraction of sp³-hybridized carbons (Fsp3) is 0.333. The topological polar surface area (TPSA) is 73.4 Å². The highest BCUT2D eigenvalue weighted by molar-refractivity contribution is 5.59. The number of morpholine rings is 1. The third kappa shape index (κ3) is 3.90. The Morgan fingerprint density at radius 3 is 2.55 bits per heavy atom. The lowest BCUT2D eigenvalue weighted by Gasteiger charge is -2.26. The number of hydrogen-bond acceptors (Lipinski definition) is 6. The first kappa shape index (κ1) is 18.0. The monoisotopic (exact) mass is 389 g/mol. The van der Waals surface area contributed by atoms with Crippen molar-refractivity contribution in [3.63, 3.8) is 0 Å². The van der Waals surface area contributed by atoms with E-state index >= 15 is 0 Å². The van der Waals surface area contributed by atoms with Gasteiger partial charge in [-0.25, -0.2) is 9.50 Å². The highest BCUT2D eigenvalue weighted by Crippen LogP contribution is 2.19. The molecule has 4 heterocycles. The van der Waals surface area contributed by atoms with Gasteiger partial charge in [0.15, 0.2) is 11.5 Å². The van der Waals surface area contributed by atoms with Crippen LogP contribution in [-0.4, -0.2) is 60.6 Å². The van der Waals surface area contributed by atoms with Crippen molar-refractivity contribution in [2.75, 3.05) is 26.3 Å². The van der Waals surface area contributed by atoms with E-state index in [9.17, 15) is 0 Å². The number of aromatic nitrogens is 6. The first-order valence-corrected chi connectivity index (χ1v) is 9.81. The molecule has 3 aromatic heterocycles. The van der Waals surface area contributed by atoms with Gasteiger partial charge in [-0.3, -0.25) is 14.6 Å². The third-order valence-corrected chi connectivity index (χ3v) is 5.19. The van der Waals surface area contributed by atoms with E-state index in [4.69, 9.17) is 9.84 Å². The second kappa shape index (κ2) is 7.73. The van der Waals surface area contributed by atoms with E-state index in [0.717, 1.165) is 55.6 Å². The van der Waals surface area contributed by atoms with E-state index in [1.165, 1.54) is 11.1 Å². The van der Waals surface area contributed by atoms with Crippen LogP contribution in [0.3, 0.4) is 0 Å². The summed E-state index contributed by atoms with van der Waals surface area (Å²) < 4.78 is 9.03. The maximum Gasteiger partial charge on any atom is 0.174 e. The molecule has 0 spiro atoms. The molecule has 0 N–H and O–H groups in total. The Hall–Kier alpha value is -3.10. The molecule has 1 fully saturated rings. The van der Waals surface area contributed by atoms with Crippen molar-refractivity contribution < 1.29 is 4.74 Å². The largest absolute Gasteiger partial charge is 0.379 e. The standard InChI is InChI=1S/C21H23N7O/c1-26-15-18(11-23-26)19-12-22-13-21-24-20(25-28(19)21)10-16-2-4-17(5-3-16)14-27-6-8-29-9-7-27/h2-5,11-13,15H,6-10,14H2,1H3. The lowest BCUT2D eigenvalue weighted by atomic mass is 10.1. The van der Waals surface area contributed by atoms with Crippen molar-refractivity contribution in [2.24, 2.45) is 7.05 Å². The Morgan fingerprint density at radius 1 is 1.00 bits per heavy atom. The summed E-state index contributed by atoms with van der Waals surface area (Å²) in [7, 11) is 1.90. The van der Waals surface area contributed by atoms with Crippen LogP contribution in [0.5, 0.6) is 0 Å². The molecule has 8 nitrogen and oxygen atoms in total. The zero-order valence-corrected chi connectivity index (χ0v) is 16.4. The molecule has 1 aliphatic rings. The maximum absolute atomic E-state index is 5.42. The minimum absolute atomic E-state index is 0.687. The Morgan fingerprint density at radius 2 is 1.79 bits per heavy atom. The minimum Gasteiger partial charge on any atom is -0.379 e. The Kier molecular flexibility index (Phi) is 4.79. The Balaban J connectivity index is 1.34. The molecule has 0 bridgehead atoms. The van der Waals surface area contributed by atoms with Crippen LogP contribution in [0.25, 0.3) is 16.9 Å². The number of benzene rings is 1. The molecule has 1 aromatic carbocycles. The van der Waals surface area contributed by atoms with Gasteiger partial charge in [0.25, 0.3) is 0 Å². The molecule has 0 aliphatic carbocycles. The van der Waals surface area contributed by atoms with Gasteiger partial charge < -0.3 is 4.74 Å². The Labute approximate surface area is 168 Å². The smallest absolute Gasteiger partial charge is 0.174 e. The predicted molar refractivity (Wildman–Crippen MR) is 108 cm³/mol. The number of fused-ring (bicyclic) bond motifs is 1. The lowest BCUT2D eigenvalue weighted by molar-refractivity contribution is 0.0342. The van der Waals surface area contributed by atoms with E-state index in [-0.39, 0.29) is 0 Å². The van der Waals surface area contributed by atoms with Crippen LogP contribution < -0.4 is 0 Å². The highest BCUT2D eigenvalue weighted by atomic mass is 16.5. The van der Waals surface area contributed by atoms with Gasteiger partial charge in [-0.15, -0.1) is 0 Å². The van der Waals surface area contributed by atoms with E-state index < -0.39 is 0 Å². The zero-order valence-electron chi connectivity index (χ0n) is 16.4. The van der Waals surface area contributed by atoms with E-state index in [2.05, 4.69) is 44.2 Å². The summed E-state index contributed by atoms with van der Waals surface area (Å²) >= 11 is 0. The molecule has 0 unspecified atom stereocenters. The molecule has 0 atom stereocenters. The summed E-state index contributed by atoms with van der Waals surface area (Å²) in [5.41, 5.74) is 5.11. The van der Waals surface area contributed by atoms with E-state index in [0.29, 0.717) is 6.42 Å². The average Bonchev–Trinajstić information content (AvgIpc) is 3.35. The van der Waals surface area contributed by atoms with Crippen LogP contribution in [0, 0.1) is 0 Å². The van der Waals surface area contributed by atoms with Crippen LogP contribution in [0.1, 0.15) is 17.0 Å². The number of rotatable bonds is 5. The van der Waals surface area contributed by atoms with Crippen molar-refractivity contribution in [1.82, 2.24) is 34.3 Å². The summed E-state index contributed by atoms with van der Waals surface area (Å²) in [6.45, 7) is 4.62. The Bertz CT molecular complexity index is 1110. The predicted octanol–water partition coefficient (Wildman–Crippen LogP) is 1.95. The van der Waals surface area contributed by atoms with Crippen molar-refractivity contribution in [2.45, 2.75) is 13.0 Å². The molecule has 0 radical (unpaired) electrons. The van der Waals surface area contributed by atoms with Crippen LogP contribution in [-0.2, 0) is 24.8 Å². The highest BCUT2D eigenvalue weighted by Gasteiger charge is 2.13. The molecule has 5 rings (SSSR count). The summed E-state index contributed by atoms with van der Waals surface area (Å²) in [4.78, 5) is 11.4. The van der Waals surface area contributed by atoms with Gasteiger partial charge in [0, 0.05) is 44.9 Å². The summed E-state index contributed by atoms with van der Waals surface area (Å²) in [6, 6.07) is 8.73. The molecule has 1 aliphatic heterocycles. The summed E-state index contributed by atoms with van der Waals surface area (Å²) in [5.74, 6) is 0.782. The molecule has 1 saturated heterocycles. The average molecular weight is 389 g/mol. The van der Waals surface area contributed by atoms with Crippen molar-refractivity contribution in [1.29, 1.82) is 0 Å². The normalized spacial score (nSPS) is 15.2. The number of aryl methyl sites for hydroxylation is 1. The van der Waals surface area contributed by atoms with Crippen LogP contribution >= 0.6 is 0 Å². The van der Waals surface area contributed by atoms with Gasteiger partial charge >= 0.3 is 0 Å². The second-order valence-electron chi connectivity index (χ2n) is 7.38. The fourth-order valence-electron chi connectivity index (χ4n) is 3.65. The molecule has 0 amide bonds.